The first-order valence-electron chi connectivity index (χ1n) is 6.14. The Morgan fingerprint density at radius 2 is 1.81 bits per heavy atom. The number of benzene rings is 2. The quantitative estimate of drug-likeness (QED) is 0.712. The number of hydrogen-bond donors (Lipinski definition) is 2. The van der Waals surface area contributed by atoms with Crippen LogP contribution in [0.15, 0.2) is 48.8 Å². The third-order valence-electron chi connectivity index (χ3n) is 2.93. The van der Waals surface area contributed by atoms with Crippen LogP contribution >= 0.6 is 11.6 Å². The van der Waals surface area contributed by atoms with Gasteiger partial charge in [-0.3, -0.25) is 14.8 Å². The summed E-state index contributed by atoms with van der Waals surface area (Å²) in [6, 6.07) is 9.41. The van der Waals surface area contributed by atoms with Gasteiger partial charge in [-0.25, -0.2) is 0 Å². The van der Waals surface area contributed by atoms with Crippen LogP contribution in [0.3, 0.4) is 0 Å². The van der Waals surface area contributed by atoms with Crippen molar-refractivity contribution in [1.29, 1.82) is 0 Å². The molecule has 0 radical (unpaired) electrons. The summed E-state index contributed by atoms with van der Waals surface area (Å²) in [5.74, 6) is -0.269. The van der Waals surface area contributed by atoms with Crippen molar-refractivity contribution in [3.8, 4) is 5.75 Å². The monoisotopic (exact) mass is 299 g/mol. The fraction of sp³-hybridized carbons (Fsp3) is 0. The molecule has 0 saturated heterocycles. The van der Waals surface area contributed by atoms with E-state index in [0.29, 0.717) is 16.8 Å². The van der Waals surface area contributed by atoms with Gasteiger partial charge in [0.1, 0.15) is 5.75 Å². The third-order valence-corrected chi connectivity index (χ3v) is 3.25. The predicted octanol–water partition coefficient (Wildman–Crippen LogP) is 3.24. The number of anilines is 1. The Kier molecular flexibility index (Phi) is 3.41. The van der Waals surface area contributed by atoms with E-state index in [0.717, 1.165) is 5.52 Å². The molecular weight excluding hydrogens is 290 g/mol. The zero-order valence-electron chi connectivity index (χ0n) is 10.7. The van der Waals surface area contributed by atoms with Crippen molar-refractivity contribution in [3.63, 3.8) is 0 Å². The highest BCUT2D eigenvalue weighted by Crippen LogP contribution is 2.26. The Balaban J connectivity index is 1.89. The molecule has 5 nitrogen and oxygen atoms in total. The van der Waals surface area contributed by atoms with E-state index in [2.05, 4.69) is 15.3 Å². The van der Waals surface area contributed by atoms with E-state index in [1.807, 2.05) is 0 Å². The van der Waals surface area contributed by atoms with E-state index in [1.54, 1.807) is 30.6 Å². The second kappa shape index (κ2) is 5.38. The topological polar surface area (TPSA) is 75.1 Å². The van der Waals surface area contributed by atoms with Gasteiger partial charge in [0.05, 0.1) is 21.7 Å². The van der Waals surface area contributed by atoms with E-state index in [4.69, 9.17) is 11.6 Å². The fourth-order valence-corrected chi connectivity index (χ4v) is 2.13. The molecule has 0 bridgehead atoms. The number of hydrogen-bond acceptors (Lipinski definition) is 4. The summed E-state index contributed by atoms with van der Waals surface area (Å²) in [5, 5.41) is 12.3. The zero-order chi connectivity index (χ0) is 14.8. The Labute approximate surface area is 125 Å². The molecule has 0 unspecified atom stereocenters. The van der Waals surface area contributed by atoms with Crippen LogP contribution in [-0.2, 0) is 0 Å². The summed E-state index contributed by atoms with van der Waals surface area (Å²) >= 11 is 5.96. The van der Waals surface area contributed by atoms with Crippen LogP contribution in [0.2, 0.25) is 5.02 Å². The largest absolute Gasteiger partial charge is 0.508 e. The molecule has 0 saturated carbocycles. The fourth-order valence-electron chi connectivity index (χ4n) is 1.90. The van der Waals surface area contributed by atoms with Gasteiger partial charge >= 0.3 is 0 Å². The van der Waals surface area contributed by atoms with Crippen molar-refractivity contribution in [2.24, 2.45) is 0 Å². The first kappa shape index (κ1) is 13.3. The number of aromatic nitrogens is 2. The minimum atomic E-state index is -0.310. The molecule has 3 aromatic rings. The van der Waals surface area contributed by atoms with E-state index in [9.17, 15) is 9.90 Å². The molecule has 6 heteroatoms. The molecule has 2 N–H and O–H groups in total. The van der Waals surface area contributed by atoms with E-state index < -0.39 is 0 Å². The average Bonchev–Trinajstić information content (AvgIpc) is 2.49. The molecule has 1 aromatic heterocycles. The predicted molar refractivity (Wildman–Crippen MR) is 80.6 cm³/mol. The first-order valence-corrected chi connectivity index (χ1v) is 6.52. The molecule has 1 heterocycles. The minimum absolute atomic E-state index is 0.0407. The van der Waals surface area contributed by atoms with Gasteiger partial charge in [0.15, 0.2) is 0 Å². The van der Waals surface area contributed by atoms with E-state index in [1.165, 1.54) is 18.2 Å². The van der Waals surface area contributed by atoms with E-state index >= 15 is 0 Å². The lowest BCUT2D eigenvalue weighted by atomic mass is 10.1. The molecule has 0 aliphatic heterocycles. The highest BCUT2D eigenvalue weighted by Gasteiger charge is 2.10. The van der Waals surface area contributed by atoms with Gasteiger partial charge < -0.3 is 10.4 Å². The smallest absolute Gasteiger partial charge is 0.255 e. The number of nitrogens with one attached hydrogen (secondary N) is 1. The molecule has 2 aromatic carbocycles. The SMILES string of the molecule is O=C(Nc1ccc(O)cc1Cl)c1ccc2nccnc2c1. The molecule has 0 spiro atoms. The second-order valence-corrected chi connectivity index (χ2v) is 4.79. The maximum atomic E-state index is 12.2. The molecule has 21 heavy (non-hydrogen) atoms. The van der Waals surface area contributed by atoms with Gasteiger partial charge in [-0.05, 0) is 30.3 Å². The Bertz CT molecular complexity index is 836. The molecule has 1 amide bonds. The normalized spacial score (nSPS) is 10.5. The summed E-state index contributed by atoms with van der Waals surface area (Å²) in [5.41, 5.74) is 2.24. The number of fused-ring (bicyclic) bond motifs is 1. The number of aromatic hydroxyl groups is 1. The number of phenolic OH excluding ortho intramolecular Hbond substituents is 1. The Morgan fingerprint density at radius 3 is 2.57 bits per heavy atom. The van der Waals surface area contributed by atoms with Crippen molar-refractivity contribution in [3.05, 3.63) is 59.4 Å². The van der Waals surface area contributed by atoms with Gasteiger partial charge in [0.2, 0.25) is 0 Å². The van der Waals surface area contributed by atoms with Crippen LogP contribution in [-0.4, -0.2) is 21.0 Å². The molecule has 0 fully saturated rings. The zero-order valence-corrected chi connectivity index (χ0v) is 11.5. The number of amides is 1. The number of carbonyl (C=O) groups excluding carboxylic acids is 1. The lowest BCUT2D eigenvalue weighted by Crippen LogP contribution is -2.12. The van der Waals surface area contributed by atoms with Gasteiger partial charge in [-0.2, -0.15) is 0 Å². The summed E-state index contributed by atoms with van der Waals surface area (Å²) < 4.78 is 0. The molecule has 3 rings (SSSR count). The van der Waals surface area contributed by atoms with Gasteiger partial charge in [0, 0.05) is 24.0 Å². The standard InChI is InChI=1S/C15H10ClN3O2/c16-11-8-10(20)2-4-12(11)19-15(21)9-1-3-13-14(7-9)18-6-5-17-13/h1-8,20H,(H,19,21). The van der Waals surface area contributed by atoms with E-state index in [-0.39, 0.29) is 16.7 Å². The summed E-state index contributed by atoms with van der Waals surface area (Å²) in [6.07, 6.45) is 3.17. The molecule has 104 valence electrons. The van der Waals surface area contributed by atoms with Crippen LogP contribution in [0, 0.1) is 0 Å². The number of phenols is 1. The van der Waals surface area contributed by atoms with Gasteiger partial charge in [-0.15, -0.1) is 0 Å². The Morgan fingerprint density at radius 1 is 1.05 bits per heavy atom. The van der Waals surface area contributed by atoms with Crippen LogP contribution < -0.4 is 5.32 Å². The molecule has 0 aliphatic carbocycles. The lowest BCUT2D eigenvalue weighted by molar-refractivity contribution is 0.102. The van der Waals surface area contributed by atoms with Gasteiger partial charge in [0.25, 0.3) is 5.91 Å². The van der Waals surface area contributed by atoms with Crippen LogP contribution in [0.1, 0.15) is 10.4 Å². The summed E-state index contributed by atoms with van der Waals surface area (Å²) in [4.78, 5) is 20.5. The Hall–Kier alpha value is -2.66. The molecule has 0 aliphatic rings. The lowest BCUT2D eigenvalue weighted by Gasteiger charge is -2.08. The van der Waals surface area contributed by atoms with Crippen molar-refractivity contribution >= 4 is 34.2 Å². The molecule has 0 atom stereocenters. The maximum absolute atomic E-state index is 12.2. The number of nitrogens with zero attached hydrogens (tertiary/aromatic N) is 2. The summed E-state index contributed by atoms with van der Waals surface area (Å²) in [6.45, 7) is 0. The van der Waals surface area contributed by atoms with Crippen molar-refractivity contribution in [2.75, 3.05) is 5.32 Å². The average molecular weight is 300 g/mol. The van der Waals surface area contributed by atoms with Gasteiger partial charge in [-0.1, -0.05) is 11.6 Å². The summed E-state index contributed by atoms with van der Waals surface area (Å²) in [7, 11) is 0. The maximum Gasteiger partial charge on any atom is 0.255 e. The number of halogens is 1. The third kappa shape index (κ3) is 2.78. The highest BCUT2D eigenvalue weighted by molar-refractivity contribution is 6.34. The second-order valence-electron chi connectivity index (χ2n) is 4.38. The number of rotatable bonds is 2. The van der Waals surface area contributed by atoms with Crippen molar-refractivity contribution in [1.82, 2.24) is 9.97 Å². The van der Waals surface area contributed by atoms with Crippen LogP contribution in [0.4, 0.5) is 5.69 Å². The van der Waals surface area contributed by atoms with Crippen molar-refractivity contribution in [2.45, 2.75) is 0 Å². The number of carbonyl (C=O) groups is 1. The van der Waals surface area contributed by atoms with Crippen LogP contribution in [0.5, 0.6) is 5.75 Å². The minimum Gasteiger partial charge on any atom is -0.508 e. The molecular formula is C15H10ClN3O2. The first-order chi connectivity index (χ1) is 10.1. The van der Waals surface area contributed by atoms with Crippen LogP contribution in [0.25, 0.3) is 11.0 Å². The van der Waals surface area contributed by atoms with Crippen molar-refractivity contribution < 1.29 is 9.90 Å². The highest BCUT2D eigenvalue weighted by atomic mass is 35.5.